The predicted octanol–water partition coefficient (Wildman–Crippen LogP) is 3.72. The molecule has 2 aromatic rings. The highest BCUT2D eigenvalue weighted by Gasteiger charge is 2.12. The lowest BCUT2D eigenvalue weighted by Gasteiger charge is -2.09. The van der Waals surface area contributed by atoms with Crippen LogP contribution in [0.4, 0.5) is 5.82 Å². The van der Waals surface area contributed by atoms with Crippen LogP contribution in [0.15, 0.2) is 35.5 Å². The fourth-order valence-electron chi connectivity index (χ4n) is 2.10. The van der Waals surface area contributed by atoms with E-state index < -0.39 is 5.97 Å². The number of thioether (sulfide) groups is 1. The molecule has 0 spiro atoms. The second kappa shape index (κ2) is 9.76. The van der Waals surface area contributed by atoms with Crippen molar-refractivity contribution in [2.24, 2.45) is 0 Å². The first-order valence-electron chi connectivity index (χ1n) is 8.23. The van der Waals surface area contributed by atoms with Gasteiger partial charge in [-0.05, 0) is 30.4 Å². The number of nitrogens with one attached hydrogen (secondary N) is 1. The maximum absolute atomic E-state index is 12.5. The second-order valence-electron chi connectivity index (χ2n) is 5.48. The van der Waals surface area contributed by atoms with E-state index in [-0.39, 0.29) is 17.3 Å². The van der Waals surface area contributed by atoms with Crippen LogP contribution in [0.25, 0.3) is 0 Å². The van der Waals surface area contributed by atoms with Crippen LogP contribution in [0, 0.1) is 0 Å². The van der Waals surface area contributed by atoms with Crippen LogP contribution in [-0.4, -0.2) is 39.8 Å². The summed E-state index contributed by atoms with van der Waals surface area (Å²) in [5, 5.41) is 12.2. The highest BCUT2D eigenvalue weighted by molar-refractivity contribution is 7.99. The molecule has 0 unspecified atom stereocenters. The van der Waals surface area contributed by atoms with Gasteiger partial charge in [0.1, 0.15) is 10.8 Å². The Morgan fingerprint density at radius 3 is 2.65 bits per heavy atom. The molecule has 138 valence electrons. The van der Waals surface area contributed by atoms with Gasteiger partial charge in [-0.15, -0.1) is 11.8 Å². The van der Waals surface area contributed by atoms with Gasteiger partial charge in [-0.3, -0.25) is 4.79 Å². The number of methoxy groups -OCH3 is 1. The van der Waals surface area contributed by atoms with Crippen molar-refractivity contribution in [1.29, 1.82) is 0 Å². The number of carboxylic acids is 1. The number of pyridine rings is 2. The largest absolute Gasteiger partial charge is 0.481 e. The van der Waals surface area contributed by atoms with Crippen molar-refractivity contribution >= 4 is 29.5 Å². The predicted molar refractivity (Wildman–Crippen MR) is 100 cm³/mol. The number of hydrogen-bond acceptors (Lipinski definition) is 6. The number of carbonyl (C=O) groups excluding carboxylic acids is 1. The number of carboxylic acid groups (broad SMARTS) is 1. The number of aromatic nitrogens is 2. The monoisotopic (exact) mass is 375 g/mol. The zero-order valence-corrected chi connectivity index (χ0v) is 15.5. The van der Waals surface area contributed by atoms with Crippen LogP contribution >= 0.6 is 11.8 Å². The van der Waals surface area contributed by atoms with Crippen molar-refractivity contribution in [3.63, 3.8) is 0 Å². The lowest BCUT2D eigenvalue weighted by molar-refractivity contribution is 0.0696. The molecule has 8 heteroatoms. The van der Waals surface area contributed by atoms with Crippen molar-refractivity contribution in [3.8, 4) is 5.88 Å². The molecular weight excluding hydrogens is 354 g/mol. The fourth-order valence-corrected chi connectivity index (χ4v) is 3.02. The summed E-state index contributed by atoms with van der Waals surface area (Å²) < 4.78 is 5.18. The second-order valence-corrected chi connectivity index (χ2v) is 6.60. The van der Waals surface area contributed by atoms with Crippen LogP contribution in [0.3, 0.4) is 0 Å². The molecule has 0 aliphatic carbocycles. The maximum Gasteiger partial charge on any atom is 0.337 e. The van der Waals surface area contributed by atoms with Gasteiger partial charge < -0.3 is 15.2 Å². The normalized spacial score (nSPS) is 10.4. The molecule has 1 amide bonds. The first kappa shape index (κ1) is 19.7. The number of unbranched alkanes of at least 4 members (excludes halogenated alkanes) is 2. The van der Waals surface area contributed by atoms with Gasteiger partial charge >= 0.3 is 5.97 Å². The molecule has 26 heavy (non-hydrogen) atoms. The van der Waals surface area contributed by atoms with E-state index in [1.807, 2.05) is 0 Å². The number of aromatic carboxylic acids is 1. The maximum atomic E-state index is 12.5. The quantitative estimate of drug-likeness (QED) is 0.509. The van der Waals surface area contributed by atoms with E-state index in [0.717, 1.165) is 30.0 Å². The molecular formula is C18H21N3O4S. The van der Waals surface area contributed by atoms with E-state index in [4.69, 9.17) is 9.84 Å². The molecule has 2 N–H and O–H groups in total. The summed E-state index contributed by atoms with van der Waals surface area (Å²) >= 11 is 1.58. The van der Waals surface area contributed by atoms with Crippen molar-refractivity contribution in [1.82, 2.24) is 9.97 Å². The molecule has 0 aliphatic heterocycles. The molecule has 0 radical (unpaired) electrons. The summed E-state index contributed by atoms with van der Waals surface area (Å²) in [7, 11) is 1.50. The van der Waals surface area contributed by atoms with Gasteiger partial charge in [-0.25, -0.2) is 14.8 Å². The van der Waals surface area contributed by atoms with E-state index in [2.05, 4.69) is 22.2 Å². The van der Waals surface area contributed by atoms with E-state index in [9.17, 15) is 9.59 Å². The number of anilines is 1. The zero-order valence-electron chi connectivity index (χ0n) is 14.7. The number of amides is 1. The van der Waals surface area contributed by atoms with Crippen LogP contribution in [0.2, 0.25) is 0 Å². The van der Waals surface area contributed by atoms with Crippen LogP contribution < -0.4 is 10.1 Å². The summed E-state index contributed by atoms with van der Waals surface area (Å²) in [6, 6.07) is 6.09. The minimum absolute atomic E-state index is 0.0549. The highest BCUT2D eigenvalue weighted by Crippen LogP contribution is 2.23. The summed E-state index contributed by atoms with van der Waals surface area (Å²) in [6.07, 6.45) is 4.58. The van der Waals surface area contributed by atoms with Crippen molar-refractivity contribution in [2.45, 2.75) is 31.2 Å². The van der Waals surface area contributed by atoms with Gasteiger partial charge in [0.25, 0.3) is 5.91 Å². The van der Waals surface area contributed by atoms with E-state index in [1.54, 1.807) is 23.9 Å². The molecule has 7 nitrogen and oxygen atoms in total. The molecule has 0 fully saturated rings. The Labute approximate surface area is 156 Å². The van der Waals surface area contributed by atoms with E-state index >= 15 is 0 Å². The molecule has 0 bridgehead atoms. The van der Waals surface area contributed by atoms with Crippen molar-refractivity contribution < 1.29 is 19.4 Å². The average molecular weight is 375 g/mol. The van der Waals surface area contributed by atoms with Gasteiger partial charge in [0.2, 0.25) is 5.88 Å². The Morgan fingerprint density at radius 2 is 2.04 bits per heavy atom. The van der Waals surface area contributed by atoms with Gasteiger partial charge in [0.05, 0.1) is 12.7 Å². The topological polar surface area (TPSA) is 101 Å². The lowest BCUT2D eigenvalue weighted by Crippen LogP contribution is -2.14. The molecule has 0 saturated heterocycles. The number of carbonyl (C=O) groups is 2. The Kier molecular flexibility index (Phi) is 7.40. The molecule has 2 aromatic heterocycles. The Balaban J connectivity index is 2.10. The first-order chi connectivity index (χ1) is 12.5. The third-order valence-electron chi connectivity index (χ3n) is 3.50. The number of rotatable bonds is 9. The molecule has 0 saturated carbocycles. The standard InChI is InChI=1S/C18H21N3O4S/c1-3-4-5-8-26-16-10-13(9-15(21-16)25-2)17(22)20-14-7-6-12(11-19-14)18(23)24/h6-7,9-11H,3-5,8H2,1-2H3,(H,23,24)(H,19,20,22). The highest BCUT2D eigenvalue weighted by atomic mass is 32.2. The average Bonchev–Trinajstić information content (AvgIpc) is 2.65. The van der Waals surface area contributed by atoms with Gasteiger partial charge in [0.15, 0.2) is 0 Å². The van der Waals surface area contributed by atoms with Crippen molar-refractivity contribution in [2.75, 3.05) is 18.2 Å². The minimum atomic E-state index is -1.07. The van der Waals surface area contributed by atoms with Crippen LogP contribution in [0.5, 0.6) is 5.88 Å². The molecule has 2 rings (SSSR count). The van der Waals surface area contributed by atoms with E-state index in [1.165, 1.54) is 25.4 Å². The summed E-state index contributed by atoms with van der Waals surface area (Å²) in [5.74, 6) is 0.126. The number of hydrogen-bond donors (Lipinski definition) is 2. The Bertz CT molecular complexity index is 766. The SMILES string of the molecule is CCCCCSc1cc(C(=O)Nc2ccc(C(=O)O)cn2)cc(OC)n1. The zero-order chi connectivity index (χ0) is 18.9. The van der Waals surface area contributed by atoms with Gasteiger partial charge in [-0.1, -0.05) is 19.8 Å². The Morgan fingerprint density at radius 1 is 1.23 bits per heavy atom. The number of nitrogens with zero attached hydrogens (tertiary/aromatic N) is 2. The smallest absolute Gasteiger partial charge is 0.337 e. The lowest BCUT2D eigenvalue weighted by atomic mass is 10.2. The van der Waals surface area contributed by atoms with Gasteiger partial charge in [-0.2, -0.15) is 0 Å². The minimum Gasteiger partial charge on any atom is -0.481 e. The third-order valence-corrected chi connectivity index (χ3v) is 4.50. The van der Waals surface area contributed by atoms with Crippen molar-refractivity contribution in [3.05, 3.63) is 41.6 Å². The fraction of sp³-hybridized carbons (Fsp3) is 0.333. The van der Waals surface area contributed by atoms with Crippen LogP contribution in [-0.2, 0) is 0 Å². The molecule has 0 aromatic carbocycles. The summed E-state index contributed by atoms with van der Waals surface area (Å²) in [5.41, 5.74) is 0.457. The molecule has 2 heterocycles. The Hall–Kier alpha value is -2.61. The third kappa shape index (κ3) is 5.73. The molecule has 0 aliphatic rings. The van der Waals surface area contributed by atoms with Gasteiger partial charge in [0, 0.05) is 17.8 Å². The molecule has 0 atom stereocenters. The number of ether oxygens (including phenoxy) is 1. The van der Waals surface area contributed by atoms with E-state index in [0.29, 0.717) is 11.4 Å². The summed E-state index contributed by atoms with van der Waals surface area (Å²) in [4.78, 5) is 31.6. The van der Waals surface area contributed by atoms with Crippen LogP contribution in [0.1, 0.15) is 46.9 Å². The summed E-state index contributed by atoms with van der Waals surface area (Å²) in [6.45, 7) is 2.15. The first-order valence-corrected chi connectivity index (χ1v) is 9.21.